The summed E-state index contributed by atoms with van der Waals surface area (Å²) in [6.07, 6.45) is 4.79. The van der Waals surface area contributed by atoms with Gasteiger partial charge in [0.05, 0.1) is 18.6 Å². The third kappa shape index (κ3) is 5.29. The van der Waals surface area contributed by atoms with E-state index in [9.17, 15) is 13.2 Å². The SMILES string of the molecule is COc1cccc(CCC(=O)N(Cc2cccnc2)C2CCS(=O)(=O)C2)c1. The van der Waals surface area contributed by atoms with Crippen LogP contribution in [0.5, 0.6) is 5.75 Å². The van der Waals surface area contributed by atoms with Crippen LogP contribution in [0.25, 0.3) is 0 Å². The standard InChI is InChI=1S/C20H24N2O4S/c1-26-19-6-2-4-16(12-19)7-8-20(23)22(14-17-5-3-10-21-13-17)18-9-11-27(24,25)15-18/h2-6,10,12-13,18H,7-9,11,14-15H2,1H3. The van der Waals surface area contributed by atoms with E-state index in [0.29, 0.717) is 25.8 Å². The van der Waals surface area contributed by atoms with Crippen LogP contribution in [0.3, 0.4) is 0 Å². The van der Waals surface area contributed by atoms with Crippen LogP contribution >= 0.6 is 0 Å². The summed E-state index contributed by atoms with van der Waals surface area (Å²) < 4.78 is 29.0. The van der Waals surface area contributed by atoms with Crippen molar-refractivity contribution in [3.05, 3.63) is 59.9 Å². The Hall–Kier alpha value is -2.41. The van der Waals surface area contributed by atoms with E-state index in [0.717, 1.165) is 16.9 Å². The molecule has 1 saturated heterocycles. The fourth-order valence-corrected chi connectivity index (χ4v) is 5.08. The molecule has 1 aromatic heterocycles. The molecule has 27 heavy (non-hydrogen) atoms. The van der Waals surface area contributed by atoms with Gasteiger partial charge in [0.1, 0.15) is 5.75 Å². The van der Waals surface area contributed by atoms with Crippen LogP contribution in [-0.2, 0) is 27.6 Å². The smallest absolute Gasteiger partial charge is 0.223 e. The summed E-state index contributed by atoms with van der Waals surface area (Å²) in [5.41, 5.74) is 1.92. The number of carbonyl (C=O) groups excluding carboxylic acids is 1. The number of aryl methyl sites for hydroxylation is 1. The van der Waals surface area contributed by atoms with Gasteiger partial charge in [-0.15, -0.1) is 0 Å². The highest BCUT2D eigenvalue weighted by Gasteiger charge is 2.34. The number of pyridine rings is 1. The lowest BCUT2D eigenvalue weighted by Gasteiger charge is -2.28. The van der Waals surface area contributed by atoms with Crippen molar-refractivity contribution < 1.29 is 17.9 Å². The Morgan fingerprint density at radius 1 is 1.26 bits per heavy atom. The van der Waals surface area contributed by atoms with Gasteiger partial charge in [-0.3, -0.25) is 9.78 Å². The van der Waals surface area contributed by atoms with Crippen molar-refractivity contribution >= 4 is 15.7 Å². The number of ether oxygens (including phenoxy) is 1. The van der Waals surface area contributed by atoms with Crippen LogP contribution in [-0.4, -0.2) is 48.9 Å². The second-order valence-electron chi connectivity index (χ2n) is 6.79. The number of nitrogens with zero attached hydrogens (tertiary/aromatic N) is 2. The second-order valence-corrected chi connectivity index (χ2v) is 9.02. The van der Waals surface area contributed by atoms with Crippen molar-refractivity contribution in [2.75, 3.05) is 18.6 Å². The lowest BCUT2D eigenvalue weighted by Crippen LogP contribution is -2.40. The van der Waals surface area contributed by atoms with Gasteiger partial charge >= 0.3 is 0 Å². The van der Waals surface area contributed by atoms with Crippen LogP contribution in [0.15, 0.2) is 48.8 Å². The molecular formula is C20H24N2O4S. The van der Waals surface area contributed by atoms with Crippen LogP contribution in [0, 0.1) is 0 Å². The molecule has 1 amide bonds. The van der Waals surface area contributed by atoms with Gasteiger partial charge in [-0.25, -0.2) is 8.42 Å². The van der Waals surface area contributed by atoms with Gasteiger partial charge in [0.2, 0.25) is 5.91 Å². The molecule has 1 aromatic carbocycles. The van der Waals surface area contributed by atoms with Gasteiger partial charge in [0, 0.05) is 31.4 Å². The van der Waals surface area contributed by atoms with E-state index < -0.39 is 9.84 Å². The Balaban J connectivity index is 1.71. The maximum atomic E-state index is 13.0. The van der Waals surface area contributed by atoms with Crippen molar-refractivity contribution in [1.29, 1.82) is 0 Å². The first-order valence-electron chi connectivity index (χ1n) is 8.98. The van der Waals surface area contributed by atoms with Crippen LogP contribution in [0.2, 0.25) is 0 Å². The molecule has 1 aliphatic rings. The number of sulfone groups is 1. The van der Waals surface area contributed by atoms with E-state index in [1.165, 1.54) is 0 Å². The minimum absolute atomic E-state index is 0.0382. The number of benzene rings is 1. The van der Waals surface area contributed by atoms with Crippen LogP contribution in [0.4, 0.5) is 0 Å². The van der Waals surface area contributed by atoms with Crippen molar-refractivity contribution in [3.8, 4) is 5.75 Å². The van der Waals surface area contributed by atoms with Gasteiger partial charge in [-0.2, -0.15) is 0 Å². The third-order valence-corrected chi connectivity index (χ3v) is 6.56. The molecular weight excluding hydrogens is 364 g/mol. The molecule has 0 N–H and O–H groups in total. The van der Waals surface area contributed by atoms with E-state index in [-0.39, 0.29) is 23.5 Å². The molecule has 0 radical (unpaired) electrons. The van der Waals surface area contributed by atoms with E-state index in [1.807, 2.05) is 36.4 Å². The van der Waals surface area contributed by atoms with E-state index in [2.05, 4.69) is 4.98 Å². The molecule has 6 nitrogen and oxygen atoms in total. The average molecular weight is 388 g/mol. The van der Waals surface area contributed by atoms with Gasteiger partial charge in [-0.05, 0) is 42.2 Å². The molecule has 1 aliphatic heterocycles. The first-order chi connectivity index (χ1) is 13.0. The Morgan fingerprint density at radius 3 is 2.74 bits per heavy atom. The molecule has 1 atom stereocenters. The van der Waals surface area contributed by atoms with E-state index in [4.69, 9.17) is 4.74 Å². The molecule has 0 saturated carbocycles. The molecule has 7 heteroatoms. The minimum Gasteiger partial charge on any atom is -0.497 e. The van der Waals surface area contributed by atoms with E-state index in [1.54, 1.807) is 24.4 Å². The molecule has 1 fully saturated rings. The molecule has 1 unspecified atom stereocenters. The summed E-state index contributed by atoms with van der Waals surface area (Å²) >= 11 is 0. The number of hydrogen-bond donors (Lipinski definition) is 0. The average Bonchev–Trinajstić information content (AvgIpc) is 3.04. The quantitative estimate of drug-likeness (QED) is 0.727. The van der Waals surface area contributed by atoms with Crippen LogP contribution in [0.1, 0.15) is 24.0 Å². The number of carbonyl (C=O) groups is 1. The molecule has 0 aliphatic carbocycles. The third-order valence-electron chi connectivity index (χ3n) is 4.81. The highest BCUT2D eigenvalue weighted by Crippen LogP contribution is 2.22. The molecule has 3 rings (SSSR count). The molecule has 0 spiro atoms. The Morgan fingerprint density at radius 2 is 2.07 bits per heavy atom. The maximum Gasteiger partial charge on any atom is 0.223 e. The first-order valence-corrected chi connectivity index (χ1v) is 10.8. The second kappa shape index (κ2) is 8.52. The zero-order chi connectivity index (χ0) is 19.3. The Kier molecular flexibility index (Phi) is 6.11. The summed E-state index contributed by atoms with van der Waals surface area (Å²) in [5.74, 6) is 0.903. The highest BCUT2D eigenvalue weighted by atomic mass is 32.2. The summed E-state index contributed by atoms with van der Waals surface area (Å²) in [7, 11) is -1.46. The summed E-state index contributed by atoms with van der Waals surface area (Å²) in [6, 6.07) is 11.1. The topological polar surface area (TPSA) is 76.6 Å². The Bertz CT molecular complexity index is 884. The predicted molar refractivity (Wildman–Crippen MR) is 103 cm³/mol. The lowest BCUT2D eigenvalue weighted by atomic mass is 10.1. The van der Waals surface area contributed by atoms with Gasteiger partial charge < -0.3 is 9.64 Å². The van der Waals surface area contributed by atoms with Crippen molar-refractivity contribution in [2.24, 2.45) is 0 Å². The van der Waals surface area contributed by atoms with Gasteiger partial charge in [0.25, 0.3) is 0 Å². The molecule has 144 valence electrons. The fraction of sp³-hybridized carbons (Fsp3) is 0.400. The number of methoxy groups -OCH3 is 1. The number of hydrogen-bond acceptors (Lipinski definition) is 5. The van der Waals surface area contributed by atoms with Gasteiger partial charge in [0.15, 0.2) is 9.84 Å². The largest absolute Gasteiger partial charge is 0.497 e. The lowest BCUT2D eigenvalue weighted by molar-refractivity contribution is -0.133. The monoisotopic (exact) mass is 388 g/mol. The summed E-state index contributed by atoms with van der Waals surface area (Å²) in [5, 5.41) is 0. The first kappa shape index (κ1) is 19.4. The minimum atomic E-state index is -3.07. The molecule has 2 heterocycles. The van der Waals surface area contributed by atoms with Crippen LogP contribution < -0.4 is 4.74 Å². The normalized spacial score (nSPS) is 18.2. The number of rotatable bonds is 7. The Labute approximate surface area is 160 Å². The van der Waals surface area contributed by atoms with Crippen molar-refractivity contribution in [2.45, 2.75) is 31.8 Å². The maximum absolute atomic E-state index is 13.0. The summed E-state index contributed by atoms with van der Waals surface area (Å²) in [4.78, 5) is 18.8. The molecule has 2 aromatic rings. The number of amides is 1. The fourth-order valence-electron chi connectivity index (χ4n) is 3.35. The zero-order valence-corrected chi connectivity index (χ0v) is 16.2. The predicted octanol–water partition coefficient (Wildman–Crippen LogP) is 2.24. The molecule has 0 bridgehead atoms. The summed E-state index contributed by atoms with van der Waals surface area (Å²) in [6.45, 7) is 0.380. The highest BCUT2D eigenvalue weighted by molar-refractivity contribution is 7.91. The van der Waals surface area contributed by atoms with E-state index >= 15 is 0 Å². The number of aromatic nitrogens is 1. The zero-order valence-electron chi connectivity index (χ0n) is 15.4. The van der Waals surface area contributed by atoms with Crippen molar-refractivity contribution in [3.63, 3.8) is 0 Å². The van der Waals surface area contributed by atoms with Crippen molar-refractivity contribution in [1.82, 2.24) is 9.88 Å². The van der Waals surface area contributed by atoms with Gasteiger partial charge in [-0.1, -0.05) is 18.2 Å².